The topological polar surface area (TPSA) is 120 Å². The van der Waals surface area contributed by atoms with Crippen molar-refractivity contribution in [3.63, 3.8) is 0 Å². The molecule has 2 aromatic rings. The molecule has 12 heteroatoms. The van der Waals surface area contributed by atoms with Crippen molar-refractivity contribution in [2.24, 2.45) is 0 Å². The van der Waals surface area contributed by atoms with Crippen LogP contribution >= 0.6 is 11.3 Å². The maximum atomic E-state index is 12.4. The van der Waals surface area contributed by atoms with Gasteiger partial charge in [-0.15, -0.1) is 11.3 Å². The summed E-state index contributed by atoms with van der Waals surface area (Å²) in [6, 6.07) is 6.42. The number of hydrogen-bond donors (Lipinski definition) is 1. The molecule has 0 aliphatic carbocycles. The highest BCUT2D eigenvalue weighted by Crippen LogP contribution is 2.30. The van der Waals surface area contributed by atoms with E-state index in [1.807, 2.05) is 0 Å². The standard InChI is InChI=1S/C18H19N5O5S2/c1-21(2)30(27,28)22-8-7-13-14(9-22)29-18(19-13)20-15(24)10-23-16(25)11-5-3-4-6-12(11)17(23)26/h3-6H,7-10H2,1-2H3,(H,19,20,24). The van der Waals surface area contributed by atoms with E-state index in [0.717, 1.165) is 19.8 Å². The van der Waals surface area contributed by atoms with Crippen molar-refractivity contribution in [1.82, 2.24) is 18.5 Å². The zero-order chi connectivity index (χ0) is 21.6. The highest BCUT2D eigenvalue weighted by atomic mass is 32.2. The molecule has 10 nitrogen and oxygen atoms in total. The van der Waals surface area contributed by atoms with E-state index in [0.29, 0.717) is 18.1 Å². The number of imide groups is 1. The number of fused-ring (bicyclic) bond motifs is 2. The number of aromatic nitrogens is 1. The van der Waals surface area contributed by atoms with Crippen LogP contribution in [0.5, 0.6) is 0 Å². The molecular formula is C18H19N5O5S2. The summed E-state index contributed by atoms with van der Waals surface area (Å²) < 4.78 is 27.2. The second-order valence-corrected chi connectivity index (χ2v) is 10.3. The molecule has 0 saturated carbocycles. The third kappa shape index (κ3) is 3.51. The van der Waals surface area contributed by atoms with Crippen LogP contribution in [0.4, 0.5) is 5.13 Å². The predicted molar refractivity (Wildman–Crippen MR) is 109 cm³/mol. The predicted octanol–water partition coefficient (Wildman–Crippen LogP) is 0.542. The van der Waals surface area contributed by atoms with E-state index >= 15 is 0 Å². The first-order valence-electron chi connectivity index (χ1n) is 9.09. The molecule has 0 saturated heterocycles. The van der Waals surface area contributed by atoms with E-state index in [-0.39, 0.29) is 17.7 Å². The molecule has 2 aliphatic heterocycles. The van der Waals surface area contributed by atoms with Crippen molar-refractivity contribution in [1.29, 1.82) is 0 Å². The summed E-state index contributed by atoms with van der Waals surface area (Å²) in [5.41, 5.74) is 1.30. The Morgan fingerprint density at radius 2 is 1.83 bits per heavy atom. The van der Waals surface area contributed by atoms with Crippen LogP contribution in [0.25, 0.3) is 0 Å². The molecular weight excluding hydrogens is 430 g/mol. The first-order chi connectivity index (χ1) is 14.2. The SMILES string of the molecule is CN(C)S(=O)(=O)N1CCc2nc(NC(=O)CN3C(=O)c4ccccc4C3=O)sc2C1. The van der Waals surface area contributed by atoms with Crippen molar-refractivity contribution < 1.29 is 22.8 Å². The summed E-state index contributed by atoms with van der Waals surface area (Å²) >= 11 is 1.19. The van der Waals surface area contributed by atoms with Crippen molar-refractivity contribution >= 4 is 44.4 Å². The molecule has 0 bridgehead atoms. The Kier molecular flexibility index (Phi) is 5.18. The van der Waals surface area contributed by atoms with Crippen molar-refractivity contribution in [2.75, 3.05) is 32.5 Å². The van der Waals surface area contributed by atoms with Crippen LogP contribution in [0.3, 0.4) is 0 Å². The smallest absolute Gasteiger partial charge is 0.281 e. The van der Waals surface area contributed by atoms with Gasteiger partial charge in [0.25, 0.3) is 22.0 Å². The number of carbonyl (C=O) groups is 3. The number of nitrogens with zero attached hydrogens (tertiary/aromatic N) is 4. The molecule has 3 heterocycles. The summed E-state index contributed by atoms with van der Waals surface area (Å²) in [4.78, 5) is 43.2. The molecule has 2 aliphatic rings. The number of amides is 3. The summed E-state index contributed by atoms with van der Waals surface area (Å²) in [5, 5.41) is 2.93. The molecule has 1 aromatic carbocycles. The highest BCUT2D eigenvalue weighted by molar-refractivity contribution is 7.86. The third-order valence-electron chi connectivity index (χ3n) is 4.91. The van der Waals surface area contributed by atoms with E-state index in [1.54, 1.807) is 24.3 Å². The van der Waals surface area contributed by atoms with Gasteiger partial charge in [0.05, 0.1) is 23.4 Å². The molecule has 4 rings (SSSR count). The first-order valence-corrected chi connectivity index (χ1v) is 11.3. The fraction of sp³-hybridized carbons (Fsp3) is 0.333. The van der Waals surface area contributed by atoms with Crippen LogP contribution in [0.15, 0.2) is 24.3 Å². The number of anilines is 1. The fourth-order valence-corrected chi connectivity index (χ4v) is 5.54. The summed E-state index contributed by atoms with van der Waals surface area (Å²) in [5.74, 6) is -1.56. The van der Waals surface area contributed by atoms with E-state index in [1.165, 1.54) is 29.7 Å². The summed E-state index contributed by atoms with van der Waals surface area (Å²) in [6.07, 6.45) is 0.438. The van der Waals surface area contributed by atoms with Crippen LogP contribution in [0.2, 0.25) is 0 Å². The van der Waals surface area contributed by atoms with Crippen molar-refractivity contribution in [3.8, 4) is 0 Å². The molecule has 0 spiro atoms. The molecule has 1 aromatic heterocycles. The Morgan fingerprint density at radius 3 is 2.43 bits per heavy atom. The molecule has 0 radical (unpaired) electrons. The second kappa shape index (κ2) is 7.54. The van der Waals surface area contributed by atoms with Crippen LogP contribution in [-0.4, -0.2) is 71.8 Å². The third-order valence-corrected chi connectivity index (χ3v) is 7.80. The molecule has 3 amide bonds. The lowest BCUT2D eigenvalue weighted by Crippen LogP contribution is -2.42. The summed E-state index contributed by atoms with van der Waals surface area (Å²) in [6.45, 7) is 0.0686. The van der Waals surface area contributed by atoms with E-state index in [4.69, 9.17) is 0 Å². The average Bonchev–Trinajstić information content (AvgIpc) is 3.21. The van der Waals surface area contributed by atoms with Crippen molar-refractivity contribution in [3.05, 3.63) is 46.0 Å². The van der Waals surface area contributed by atoms with Gasteiger partial charge in [-0.05, 0) is 12.1 Å². The minimum absolute atomic E-state index is 0.182. The van der Waals surface area contributed by atoms with Gasteiger partial charge in [0.15, 0.2) is 5.13 Å². The average molecular weight is 450 g/mol. The van der Waals surface area contributed by atoms with E-state index in [9.17, 15) is 22.8 Å². The monoisotopic (exact) mass is 449 g/mol. The number of carbonyl (C=O) groups excluding carboxylic acids is 3. The number of nitrogens with one attached hydrogen (secondary N) is 1. The van der Waals surface area contributed by atoms with Gasteiger partial charge in [-0.2, -0.15) is 17.0 Å². The van der Waals surface area contributed by atoms with Gasteiger partial charge in [0.2, 0.25) is 5.91 Å². The summed E-state index contributed by atoms with van der Waals surface area (Å²) in [7, 11) is -0.585. The molecule has 30 heavy (non-hydrogen) atoms. The zero-order valence-electron chi connectivity index (χ0n) is 16.3. The molecule has 0 atom stereocenters. The van der Waals surface area contributed by atoms with Gasteiger partial charge < -0.3 is 5.32 Å². The Bertz CT molecular complexity index is 1120. The van der Waals surface area contributed by atoms with Crippen molar-refractivity contribution in [2.45, 2.75) is 13.0 Å². The van der Waals surface area contributed by atoms with Crippen LogP contribution in [0.1, 0.15) is 31.3 Å². The minimum atomic E-state index is -3.53. The quantitative estimate of drug-likeness (QED) is 0.666. The maximum Gasteiger partial charge on any atom is 0.281 e. The molecule has 0 unspecified atom stereocenters. The Morgan fingerprint density at radius 1 is 1.20 bits per heavy atom. The Hall–Kier alpha value is -2.67. The van der Waals surface area contributed by atoms with E-state index < -0.39 is 34.5 Å². The highest BCUT2D eigenvalue weighted by Gasteiger charge is 2.36. The fourth-order valence-electron chi connectivity index (χ4n) is 3.34. The largest absolute Gasteiger partial charge is 0.300 e. The molecule has 0 fully saturated rings. The Labute approximate surface area is 177 Å². The van der Waals surface area contributed by atoms with Crippen LogP contribution in [-0.2, 0) is 28.0 Å². The lowest BCUT2D eigenvalue weighted by atomic mass is 10.1. The molecule has 158 valence electrons. The second-order valence-electron chi connectivity index (χ2n) is 7.05. The minimum Gasteiger partial charge on any atom is -0.300 e. The van der Waals surface area contributed by atoms with Gasteiger partial charge >= 0.3 is 0 Å². The maximum absolute atomic E-state index is 12.4. The van der Waals surface area contributed by atoms with Crippen LogP contribution in [0, 0.1) is 0 Å². The first kappa shape index (κ1) is 20.6. The van der Waals surface area contributed by atoms with Gasteiger partial charge in [0.1, 0.15) is 6.54 Å². The van der Waals surface area contributed by atoms with E-state index in [2.05, 4.69) is 10.3 Å². The molecule has 1 N–H and O–H groups in total. The lowest BCUT2D eigenvalue weighted by molar-refractivity contribution is -0.116. The van der Waals surface area contributed by atoms with Gasteiger partial charge in [0, 0.05) is 31.9 Å². The normalized spacial score (nSPS) is 16.7. The lowest BCUT2D eigenvalue weighted by Gasteiger charge is -2.27. The number of benzene rings is 1. The van der Waals surface area contributed by atoms with Gasteiger partial charge in [-0.3, -0.25) is 19.3 Å². The Balaban J connectivity index is 1.43. The number of hydrogen-bond acceptors (Lipinski definition) is 7. The number of thiazole rings is 1. The number of rotatable bonds is 5. The van der Waals surface area contributed by atoms with Gasteiger partial charge in [-0.25, -0.2) is 4.98 Å². The van der Waals surface area contributed by atoms with Gasteiger partial charge in [-0.1, -0.05) is 12.1 Å². The zero-order valence-corrected chi connectivity index (χ0v) is 17.9. The van der Waals surface area contributed by atoms with Crippen LogP contribution < -0.4 is 5.32 Å².